The van der Waals surface area contributed by atoms with Gasteiger partial charge in [-0.2, -0.15) is 0 Å². The number of aryl methyl sites for hydroxylation is 1. The highest BCUT2D eigenvalue weighted by Gasteiger charge is 2.43. The highest BCUT2D eigenvalue weighted by Crippen LogP contribution is 2.53. The standard InChI is InChI=1S/C18H22NO6P/c1-4-24-26(22,25-5-2)18(19-17(21)15-7-6-12-23-15)16(20)14-10-8-13(3)9-11-14/h6-12,18H,4-5H2,1-3H3,(H,19,21). The van der Waals surface area contributed by atoms with Gasteiger partial charge < -0.3 is 18.8 Å². The molecule has 1 atom stereocenters. The Kier molecular flexibility index (Phi) is 6.91. The highest BCUT2D eigenvalue weighted by atomic mass is 31.2. The minimum Gasteiger partial charge on any atom is -0.459 e. The zero-order valence-electron chi connectivity index (χ0n) is 14.9. The molecule has 2 rings (SSSR count). The number of carbonyl (C=O) groups excluding carboxylic acids is 2. The summed E-state index contributed by atoms with van der Waals surface area (Å²) in [5.41, 5.74) is 1.26. The quantitative estimate of drug-likeness (QED) is 0.526. The van der Waals surface area contributed by atoms with Crippen LogP contribution in [-0.2, 0) is 13.6 Å². The fourth-order valence-corrected chi connectivity index (χ4v) is 4.12. The number of amides is 1. The number of ketones is 1. The lowest BCUT2D eigenvalue weighted by Gasteiger charge is -2.25. The maximum absolute atomic E-state index is 13.2. The van der Waals surface area contributed by atoms with Crippen LogP contribution in [-0.4, -0.2) is 30.7 Å². The molecule has 2 aromatic rings. The van der Waals surface area contributed by atoms with Gasteiger partial charge in [0.2, 0.25) is 0 Å². The summed E-state index contributed by atoms with van der Waals surface area (Å²) in [6.45, 7) is 5.27. The number of nitrogens with one attached hydrogen (secondary N) is 1. The second-order valence-corrected chi connectivity index (χ2v) is 7.57. The molecule has 0 fully saturated rings. The molecule has 0 aliphatic heterocycles. The van der Waals surface area contributed by atoms with Gasteiger partial charge in [-0.15, -0.1) is 0 Å². The molecule has 1 heterocycles. The van der Waals surface area contributed by atoms with Crippen molar-refractivity contribution in [3.63, 3.8) is 0 Å². The van der Waals surface area contributed by atoms with Crippen LogP contribution in [0.4, 0.5) is 0 Å². The van der Waals surface area contributed by atoms with Crippen molar-refractivity contribution >= 4 is 19.3 Å². The van der Waals surface area contributed by atoms with Crippen molar-refractivity contribution < 1.29 is 27.6 Å². The first-order valence-corrected chi connectivity index (χ1v) is 9.86. The third-order valence-corrected chi connectivity index (χ3v) is 5.76. The molecule has 26 heavy (non-hydrogen) atoms. The Balaban J connectivity index is 2.39. The molecule has 1 N–H and O–H groups in total. The number of carbonyl (C=O) groups is 2. The van der Waals surface area contributed by atoms with Gasteiger partial charge in [0.05, 0.1) is 19.5 Å². The third kappa shape index (κ3) is 4.69. The Labute approximate surface area is 152 Å². The first-order valence-electron chi connectivity index (χ1n) is 8.25. The van der Waals surface area contributed by atoms with Crippen LogP contribution in [0.1, 0.15) is 40.3 Å². The maximum Gasteiger partial charge on any atom is 0.360 e. The average Bonchev–Trinajstić information content (AvgIpc) is 3.14. The van der Waals surface area contributed by atoms with Crippen molar-refractivity contribution in [2.24, 2.45) is 0 Å². The van der Waals surface area contributed by atoms with Crippen LogP contribution in [0.2, 0.25) is 0 Å². The molecule has 1 amide bonds. The van der Waals surface area contributed by atoms with Gasteiger partial charge >= 0.3 is 7.60 Å². The van der Waals surface area contributed by atoms with E-state index in [-0.39, 0.29) is 19.0 Å². The van der Waals surface area contributed by atoms with E-state index in [1.807, 2.05) is 6.92 Å². The lowest BCUT2D eigenvalue weighted by molar-refractivity contribution is 0.0849. The Morgan fingerprint density at radius 2 is 1.73 bits per heavy atom. The molecule has 1 aromatic carbocycles. The molecule has 0 aliphatic rings. The molecule has 0 radical (unpaired) electrons. The van der Waals surface area contributed by atoms with Gasteiger partial charge in [-0.25, -0.2) is 0 Å². The molecular formula is C18H22NO6P. The molecule has 0 saturated carbocycles. The molecule has 7 nitrogen and oxygen atoms in total. The number of hydrogen-bond acceptors (Lipinski definition) is 6. The summed E-state index contributed by atoms with van der Waals surface area (Å²) in [4.78, 5) is 25.4. The van der Waals surface area contributed by atoms with Crippen molar-refractivity contribution in [2.75, 3.05) is 13.2 Å². The molecule has 0 bridgehead atoms. The van der Waals surface area contributed by atoms with E-state index in [9.17, 15) is 14.2 Å². The lowest BCUT2D eigenvalue weighted by Crippen LogP contribution is -2.41. The monoisotopic (exact) mass is 379 g/mol. The Morgan fingerprint density at radius 1 is 1.12 bits per heavy atom. The fraction of sp³-hybridized carbons (Fsp3) is 0.333. The smallest absolute Gasteiger partial charge is 0.360 e. The van der Waals surface area contributed by atoms with E-state index in [0.29, 0.717) is 5.56 Å². The van der Waals surface area contributed by atoms with E-state index in [1.54, 1.807) is 38.1 Å². The largest absolute Gasteiger partial charge is 0.459 e. The van der Waals surface area contributed by atoms with Crippen molar-refractivity contribution in [1.82, 2.24) is 5.32 Å². The first-order chi connectivity index (χ1) is 12.4. The van der Waals surface area contributed by atoms with E-state index >= 15 is 0 Å². The molecule has 1 aromatic heterocycles. The van der Waals surface area contributed by atoms with Crippen LogP contribution >= 0.6 is 7.60 Å². The molecule has 0 aliphatic carbocycles. The lowest BCUT2D eigenvalue weighted by atomic mass is 10.1. The second kappa shape index (κ2) is 8.94. The van der Waals surface area contributed by atoms with E-state index in [2.05, 4.69) is 5.32 Å². The fourth-order valence-electron chi connectivity index (χ4n) is 2.31. The zero-order chi connectivity index (χ0) is 19.2. The summed E-state index contributed by atoms with van der Waals surface area (Å²) < 4.78 is 28.8. The number of rotatable bonds is 9. The summed E-state index contributed by atoms with van der Waals surface area (Å²) in [6.07, 6.45) is 1.33. The minimum atomic E-state index is -3.94. The van der Waals surface area contributed by atoms with Gasteiger partial charge in [0, 0.05) is 5.56 Å². The number of furan rings is 1. The van der Waals surface area contributed by atoms with E-state index < -0.39 is 25.1 Å². The molecule has 0 spiro atoms. The van der Waals surface area contributed by atoms with Gasteiger partial charge in [0.15, 0.2) is 17.3 Å². The zero-order valence-corrected chi connectivity index (χ0v) is 15.8. The van der Waals surface area contributed by atoms with Crippen LogP contribution in [0.25, 0.3) is 0 Å². The summed E-state index contributed by atoms with van der Waals surface area (Å²) in [5.74, 6) is -2.73. The van der Waals surface area contributed by atoms with Gasteiger partial charge in [0.25, 0.3) is 5.91 Å². The van der Waals surface area contributed by atoms with E-state index in [4.69, 9.17) is 13.5 Å². The normalized spacial score (nSPS) is 12.6. The first kappa shape index (κ1) is 20.1. The topological polar surface area (TPSA) is 94.8 Å². The minimum absolute atomic E-state index is 0.00810. The second-order valence-electron chi connectivity index (χ2n) is 5.46. The molecule has 1 unspecified atom stereocenters. The van der Waals surface area contributed by atoms with Crippen molar-refractivity contribution in [1.29, 1.82) is 0 Å². The van der Waals surface area contributed by atoms with Crippen LogP contribution in [0, 0.1) is 6.92 Å². The van der Waals surface area contributed by atoms with Crippen molar-refractivity contribution in [2.45, 2.75) is 26.6 Å². The van der Waals surface area contributed by atoms with Gasteiger partial charge in [0.1, 0.15) is 0 Å². The third-order valence-electron chi connectivity index (χ3n) is 3.53. The SMILES string of the molecule is CCOP(=O)(OCC)C(NC(=O)c1ccco1)C(=O)c1ccc(C)cc1. The van der Waals surface area contributed by atoms with E-state index in [0.717, 1.165) is 5.56 Å². The average molecular weight is 379 g/mol. The van der Waals surface area contributed by atoms with Crippen LogP contribution in [0.3, 0.4) is 0 Å². The Hall–Kier alpha value is -2.21. The van der Waals surface area contributed by atoms with Crippen molar-refractivity contribution in [3.8, 4) is 0 Å². The summed E-state index contributed by atoms with van der Waals surface area (Å²) in [7, 11) is -3.94. The number of hydrogen-bond donors (Lipinski definition) is 1. The number of Topliss-reactive ketones (excluding diaryl/α,β-unsaturated/α-hetero) is 1. The predicted molar refractivity (Wildman–Crippen MR) is 96.3 cm³/mol. The van der Waals surface area contributed by atoms with Gasteiger partial charge in [-0.05, 0) is 32.9 Å². The Bertz CT molecular complexity index is 775. The Morgan fingerprint density at radius 3 is 2.23 bits per heavy atom. The molecule has 0 saturated heterocycles. The maximum atomic E-state index is 13.2. The molecule has 140 valence electrons. The van der Waals surface area contributed by atoms with Gasteiger partial charge in [-0.3, -0.25) is 14.2 Å². The molecular weight excluding hydrogens is 357 g/mol. The highest BCUT2D eigenvalue weighted by molar-refractivity contribution is 7.55. The molecule has 8 heteroatoms. The summed E-state index contributed by atoms with van der Waals surface area (Å²) in [5, 5.41) is 2.45. The van der Waals surface area contributed by atoms with Crippen LogP contribution < -0.4 is 5.32 Å². The predicted octanol–water partition coefficient (Wildman–Crippen LogP) is 3.79. The van der Waals surface area contributed by atoms with Crippen LogP contribution in [0.15, 0.2) is 47.1 Å². The van der Waals surface area contributed by atoms with E-state index in [1.165, 1.54) is 18.4 Å². The summed E-state index contributed by atoms with van der Waals surface area (Å²) in [6, 6.07) is 9.69. The van der Waals surface area contributed by atoms with Crippen molar-refractivity contribution in [3.05, 3.63) is 59.5 Å². The van der Waals surface area contributed by atoms with Gasteiger partial charge in [-0.1, -0.05) is 29.8 Å². The van der Waals surface area contributed by atoms with Crippen LogP contribution in [0.5, 0.6) is 0 Å². The summed E-state index contributed by atoms with van der Waals surface area (Å²) >= 11 is 0. The number of benzene rings is 1.